The van der Waals surface area contributed by atoms with Gasteiger partial charge in [-0.1, -0.05) is 24.3 Å². The van der Waals surface area contributed by atoms with E-state index in [9.17, 15) is 10.2 Å². The fourth-order valence-electron chi connectivity index (χ4n) is 1.40. The van der Waals surface area contributed by atoms with Gasteiger partial charge in [0, 0.05) is 10.8 Å². The van der Waals surface area contributed by atoms with Gasteiger partial charge in [0.1, 0.15) is 5.75 Å². The van der Waals surface area contributed by atoms with Crippen molar-refractivity contribution in [2.75, 3.05) is 0 Å². The first-order valence-electron chi connectivity index (χ1n) is 4.03. The SMILES string of the molecule is N#[N+]c1cc(O)c2ccccc2c1O. The lowest BCUT2D eigenvalue weighted by molar-refractivity contribution is 0.472. The van der Waals surface area contributed by atoms with Crippen LogP contribution in [0.3, 0.4) is 0 Å². The molecule has 0 fully saturated rings. The quantitative estimate of drug-likeness (QED) is 0.492. The zero-order chi connectivity index (χ0) is 10.1. The van der Waals surface area contributed by atoms with Crippen LogP contribution >= 0.6 is 0 Å². The van der Waals surface area contributed by atoms with Crippen molar-refractivity contribution in [2.45, 2.75) is 0 Å². The molecule has 2 N–H and O–H groups in total. The van der Waals surface area contributed by atoms with Crippen molar-refractivity contribution >= 4 is 16.5 Å². The minimum Gasteiger partial charge on any atom is -0.507 e. The largest absolute Gasteiger partial charge is 0.507 e. The molecule has 0 radical (unpaired) electrons. The Hall–Kier alpha value is -2.28. The molecule has 0 aliphatic rings. The highest BCUT2D eigenvalue weighted by Crippen LogP contribution is 2.39. The number of aromatic hydroxyl groups is 2. The Kier molecular flexibility index (Phi) is 1.72. The maximum absolute atomic E-state index is 9.61. The zero-order valence-electron chi connectivity index (χ0n) is 7.18. The molecule has 0 atom stereocenters. The Labute approximate surface area is 79.7 Å². The van der Waals surface area contributed by atoms with Crippen LogP contribution in [-0.2, 0) is 0 Å². The molecular formula is C10H7N2O2+. The summed E-state index contributed by atoms with van der Waals surface area (Å²) in [6.07, 6.45) is 0. The van der Waals surface area contributed by atoms with Crippen LogP contribution in [0.15, 0.2) is 30.3 Å². The first-order valence-corrected chi connectivity index (χ1v) is 4.03. The topological polar surface area (TPSA) is 68.6 Å². The predicted octanol–water partition coefficient (Wildman–Crippen LogP) is 2.74. The lowest BCUT2D eigenvalue weighted by Gasteiger charge is -1.99. The Morgan fingerprint density at radius 2 is 1.71 bits per heavy atom. The van der Waals surface area contributed by atoms with Crippen LogP contribution < -0.4 is 0 Å². The van der Waals surface area contributed by atoms with Gasteiger partial charge in [-0.2, -0.15) is 0 Å². The normalized spacial score (nSPS) is 9.93. The molecule has 2 aromatic carbocycles. The molecule has 0 aromatic heterocycles. The third kappa shape index (κ3) is 1.04. The smallest absolute Gasteiger partial charge is 0.430 e. The highest BCUT2D eigenvalue weighted by Gasteiger charge is 2.18. The molecule has 0 aliphatic carbocycles. The minimum atomic E-state index is -0.138. The summed E-state index contributed by atoms with van der Waals surface area (Å²) in [5, 5.41) is 28.7. The zero-order valence-corrected chi connectivity index (χ0v) is 7.18. The Balaban J connectivity index is 2.96. The monoisotopic (exact) mass is 187 g/mol. The van der Waals surface area contributed by atoms with Crippen molar-refractivity contribution in [3.8, 4) is 11.5 Å². The van der Waals surface area contributed by atoms with Gasteiger partial charge in [0.25, 0.3) is 0 Å². The van der Waals surface area contributed by atoms with E-state index in [1.54, 1.807) is 24.3 Å². The summed E-state index contributed by atoms with van der Waals surface area (Å²) in [5.74, 6) is -0.160. The summed E-state index contributed by atoms with van der Waals surface area (Å²) in [7, 11) is 0. The van der Waals surface area contributed by atoms with E-state index >= 15 is 0 Å². The summed E-state index contributed by atoms with van der Waals surface area (Å²) < 4.78 is 0. The van der Waals surface area contributed by atoms with E-state index in [2.05, 4.69) is 4.98 Å². The molecule has 0 saturated carbocycles. The predicted molar refractivity (Wildman–Crippen MR) is 52.0 cm³/mol. The molecule has 68 valence electrons. The van der Waals surface area contributed by atoms with Crippen molar-refractivity contribution in [2.24, 2.45) is 0 Å². The Morgan fingerprint density at radius 1 is 1.07 bits per heavy atom. The molecule has 4 heteroatoms. The van der Waals surface area contributed by atoms with Crippen LogP contribution in [0.5, 0.6) is 11.5 Å². The van der Waals surface area contributed by atoms with Crippen LogP contribution in [0.1, 0.15) is 0 Å². The second-order valence-electron chi connectivity index (χ2n) is 2.91. The van der Waals surface area contributed by atoms with Gasteiger partial charge in [-0.3, -0.25) is 0 Å². The van der Waals surface area contributed by atoms with E-state index in [1.165, 1.54) is 6.07 Å². The molecule has 0 unspecified atom stereocenters. The van der Waals surface area contributed by atoms with Crippen molar-refractivity contribution in [3.63, 3.8) is 0 Å². The Bertz CT molecular complexity index is 544. The lowest BCUT2D eigenvalue weighted by atomic mass is 10.1. The number of phenols is 2. The van der Waals surface area contributed by atoms with E-state index < -0.39 is 0 Å². The fourth-order valence-corrected chi connectivity index (χ4v) is 1.40. The number of rotatable bonds is 0. The number of benzene rings is 2. The van der Waals surface area contributed by atoms with E-state index in [-0.39, 0.29) is 17.2 Å². The summed E-state index contributed by atoms with van der Waals surface area (Å²) in [5.41, 5.74) is -0.0406. The van der Waals surface area contributed by atoms with Gasteiger partial charge in [-0.15, -0.1) is 0 Å². The molecule has 2 rings (SSSR count). The highest BCUT2D eigenvalue weighted by molar-refractivity contribution is 5.97. The first-order chi connectivity index (χ1) is 6.74. The van der Waals surface area contributed by atoms with Crippen LogP contribution in [0.25, 0.3) is 15.7 Å². The maximum atomic E-state index is 9.61. The van der Waals surface area contributed by atoms with E-state index in [0.717, 1.165) is 0 Å². The molecule has 14 heavy (non-hydrogen) atoms. The van der Waals surface area contributed by atoms with E-state index in [1.807, 2.05) is 0 Å². The van der Waals surface area contributed by atoms with Crippen molar-refractivity contribution in [1.29, 1.82) is 5.39 Å². The number of fused-ring (bicyclic) bond motifs is 1. The van der Waals surface area contributed by atoms with E-state index in [4.69, 9.17) is 5.39 Å². The number of hydrogen-bond donors (Lipinski definition) is 2. The number of diazo groups is 1. The third-order valence-corrected chi connectivity index (χ3v) is 2.08. The van der Waals surface area contributed by atoms with Gasteiger partial charge < -0.3 is 10.2 Å². The average molecular weight is 187 g/mol. The van der Waals surface area contributed by atoms with Crippen LogP contribution in [-0.4, -0.2) is 10.2 Å². The number of nitrogens with zero attached hydrogens (tertiary/aromatic N) is 2. The molecular weight excluding hydrogens is 180 g/mol. The summed E-state index contributed by atoms with van der Waals surface area (Å²) in [6.45, 7) is 0. The number of phenolic OH excluding ortho intramolecular Hbond substituents is 2. The molecule has 4 nitrogen and oxygen atoms in total. The van der Waals surface area contributed by atoms with Gasteiger partial charge in [-0.25, -0.2) is 0 Å². The van der Waals surface area contributed by atoms with Crippen molar-refractivity contribution in [1.82, 2.24) is 0 Å². The molecule has 0 heterocycles. The summed E-state index contributed by atoms with van der Waals surface area (Å²) in [4.78, 5) is 2.87. The fraction of sp³-hybridized carbons (Fsp3) is 0. The second-order valence-corrected chi connectivity index (χ2v) is 2.91. The molecule has 0 amide bonds. The molecule has 0 spiro atoms. The van der Waals surface area contributed by atoms with Gasteiger partial charge in [0.05, 0.1) is 6.07 Å². The molecule has 0 bridgehead atoms. The van der Waals surface area contributed by atoms with Gasteiger partial charge >= 0.3 is 5.69 Å². The molecule has 2 aromatic rings. The lowest BCUT2D eigenvalue weighted by Crippen LogP contribution is -1.75. The summed E-state index contributed by atoms with van der Waals surface area (Å²) in [6, 6.07) is 7.99. The number of hydrogen-bond acceptors (Lipinski definition) is 3. The third-order valence-electron chi connectivity index (χ3n) is 2.08. The van der Waals surface area contributed by atoms with Crippen LogP contribution in [0.2, 0.25) is 0 Å². The molecule has 0 saturated heterocycles. The van der Waals surface area contributed by atoms with Gasteiger partial charge in [-0.05, 0) is 0 Å². The Morgan fingerprint density at radius 3 is 2.36 bits per heavy atom. The van der Waals surface area contributed by atoms with Gasteiger partial charge in [0.2, 0.25) is 11.1 Å². The van der Waals surface area contributed by atoms with Crippen LogP contribution in [0, 0.1) is 5.39 Å². The van der Waals surface area contributed by atoms with E-state index in [0.29, 0.717) is 10.8 Å². The maximum Gasteiger partial charge on any atom is 0.430 e. The standard InChI is InChI=1S/C10H6N2O2/c11-12-8-5-9(13)6-3-1-2-4-7(6)10(8)14/h1-5,11H/p+1. The minimum absolute atomic E-state index is 0.0220. The summed E-state index contributed by atoms with van der Waals surface area (Å²) >= 11 is 0. The first kappa shape index (κ1) is 8.32. The van der Waals surface area contributed by atoms with Crippen LogP contribution in [0.4, 0.5) is 5.69 Å². The highest BCUT2D eigenvalue weighted by atomic mass is 16.3. The second kappa shape index (κ2) is 2.89. The van der Waals surface area contributed by atoms with Crippen molar-refractivity contribution < 1.29 is 10.2 Å². The van der Waals surface area contributed by atoms with Gasteiger partial charge in [0.15, 0.2) is 4.98 Å². The molecule has 0 aliphatic heterocycles. The van der Waals surface area contributed by atoms with Crippen molar-refractivity contribution in [3.05, 3.63) is 35.3 Å². The average Bonchev–Trinajstić information content (AvgIpc) is 2.23.